The van der Waals surface area contributed by atoms with Crippen LogP contribution in [0.25, 0.3) is 87.6 Å². The number of benzene rings is 8. The predicted molar refractivity (Wildman–Crippen MR) is 183 cm³/mol. The summed E-state index contributed by atoms with van der Waals surface area (Å²) in [5.74, 6) is 0. The molecular weight excluding hydrogens is 520 g/mol. The number of para-hydroxylation sites is 1. The molecule has 8 aromatic carbocycles. The van der Waals surface area contributed by atoms with Gasteiger partial charge in [-0.05, 0) is 95.9 Å². The lowest BCUT2D eigenvalue weighted by atomic mass is 9.84. The fourth-order valence-electron chi connectivity index (χ4n) is 5.17. The average Bonchev–Trinajstić information content (AvgIpc) is 3.73. The van der Waals surface area contributed by atoms with Gasteiger partial charge in [-0.1, -0.05) is 127 Å². The topological polar surface area (TPSA) is 13.1 Å². The minimum Gasteiger partial charge on any atom is -0.456 e. The highest BCUT2D eigenvalue weighted by atomic mass is 16.3. The molecule has 0 fully saturated rings. The second kappa shape index (κ2) is 9.44. The lowest BCUT2D eigenvalue weighted by Gasteiger charge is -2.19. The summed E-state index contributed by atoms with van der Waals surface area (Å²) in [5, 5.41) is -5.17. The number of furan rings is 1. The first-order valence-electron chi connectivity index (χ1n) is 25.7. The molecule has 0 amide bonds. The molecule has 0 saturated carbocycles. The Labute approximate surface area is 285 Å². The molecular formula is C42H26O. The maximum Gasteiger partial charge on any atom is 0.136 e. The first-order chi connectivity index (χ1) is 32.2. The fourth-order valence-corrected chi connectivity index (χ4v) is 5.17. The molecule has 0 saturated heterocycles. The highest BCUT2D eigenvalue weighted by Gasteiger charge is 2.18. The van der Waals surface area contributed by atoms with E-state index in [2.05, 4.69) is 0 Å². The van der Waals surface area contributed by atoms with Crippen molar-refractivity contribution in [1.82, 2.24) is 0 Å². The molecule has 1 nitrogen and oxygen atoms in total. The zero-order valence-corrected chi connectivity index (χ0v) is 21.4. The summed E-state index contributed by atoms with van der Waals surface area (Å²) in [4.78, 5) is 0. The van der Waals surface area contributed by atoms with Crippen LogP contribution in [0.2, 0.25) is 0 Å². The lowest BCUT2D eigenvalue weighted by Crippen LogP contribution is -1.92. The van der Waals surface area contributed by atoms with Crippen LogP contribution in [-0.2, 0) is 0 Å². The summed E-state index contributed by atoms with van der Waals surface area (Å²) < 4.78 is 238. The van der Waals surface area contributed by atoms with Crippen molar-refractivity contribution in [3.8, 4) is 33.4 Å². The molecule has 0 aliphatic heterocycles. The van der Waals surface area contributed by atoms with E-state index in [9.17, 15) is 12.3 Å². The normalized spacial score (nSPS) is 20.2. The SMILES string of the molecule is [2H]c1c([2H])c([2H])c(-c2c3c([2H])c([2H])c([2H])c([2H])c3c(-c3c([2H])c(-c4c([2H])c([2H])c5c(oc6c([2H])c([2H])c([2H])c([2H])c65)c4[2H])c4c([2H])c([2H])c([2H])c([2H])c4c3[2H])c3c([2H])c([2H])c([2H])c([2H])c23)c([2H])c1[2H]. The zero-order chi connectivity index (χ0) is 51.0. The van der Waals surface area contributed by atoms with Crippen molar-refractivity contribution in [2.24, 2.45) is 0 Å². The molecule has 0 spiro atoms. The summed E-state index contributed by atoms with van der Waals surface area (Å²) in [5.41, 5.74) is -5.79. The second-order valence-electron chi connectivity index (χ2n) is 9.26. The van der Waals surface area contributed by atoms with E-state index in [4.69, 9.17) is 27.7 Å². The van der Waals surface area contributed by atoms with Crippen molar-refractivity contribution in [2.45, 2.75) is 0 Å². The number of rotatable bonds is 3. The summed E-state index contributed by atoms with van der Waals surface area (Å²) >= 11 is 0. The van der Waals surface area contributed by atoms with Gasteiger partial charge < -0.3 is 4.42 Å². The van der Waals surface area contributed by atoms with Gasteiger partial charge in [0.1, 0.15) is 11.2 Å². The van der Waals surface area contributed by atoms with Gasteiger partial charge in [0.25, 0.3) is 0 Å². The third-order valence-corrected chi connectivity index (χ3v) is 6.95. The van der Waals surface area contributed by atoms with Crippen LogP contribution >= 0.6 is 0 Å². The minimum atomic E-state index is -1.06. The molecule has 0 unspecified atom stereocenters. The zero-order valence-electron chi connectivity index (χ0n) is 47.4. The van der Waals surface area contributed by atoms with Gasteiger partial charge in [0.15, 0.2) is 0 Å². The largest absolute Gasteiger partial charge is 0.456 e. The Morgan fingerprint density at radius 3 is 1.58 bits per heavy atom. The Kier molecular flexibility index (Phi) is 2.13. The number of hydrogen-bond donors (Lipinski definition) is 0. The van der Waals surface area contributed by atoms with Crippen LogP contribution in [0.4, 0.5) is 0 Å². The molecule has 1 heteroatoms. The first-order valence-corrected chi connectivity index (χ1v) is 12.7. The maximum atomic E-state index is 10.0. The van der Waals surface area contributed by atoms with E-state index >= 15 is 0 Å². The van der Waals surface area contributed by atoms with E-state index in [1.165, 1.54) is 0 Å². The Morgan fingerprint density at radius 2 is 0.884 bits per heavy atom. The second-order valence-corrected chi connectivity index (χ2v) is 9.26. The van der Waals surface area contributed by atoms with Crippen LogP contribution in [0.15, 0.2) is 162 Å². The van der Waals surface area contributed by atoms with Crippen LogP contribution in [-0.4, -0.2) is 0 Å². The van der Waals surface area contributed by atoms with E-state index in [-0.39, 0.29) is 5.39 Å². The quantitative estimate of drug-likeness (QED) is 0.192. The third kappa shape index (κ3) is 3.72. The smallest absolute Gasteiger partial charge is 0.136 e. The standard InChI is InChI=1S/C42H26O/c1-2-12-27(13-3-1)41-34-17-6-8-19-36(34)42(37-20-9-7-18-35(37)41)30-24-28-14-4-5-15-31(28)38(25-30)29-22-23-33-32-16-10-11-21-39(32)43-40(33)26-29/h1-26H/i1D,2D,3D,4D,5D,6D,7D,8D,9D,10D,11D,12D,13D,14D,15D,16D,17D,18D,19D,20D,21D,22D,23D,24D,25D,26D. The molecule has 43 heavy (non-hydrogen) atoms. The average molecular weight is 573 g/mol. The predicted octanol–water partition coefficient (Wildman–Crippen LogP) is 12.0. The van der Waals surface area contributed by atoms with E-state index < -0.39 is 239 Å². The molecule has 0 atom stereocenters. The summed E-state index contributed by atoms with van der Waals surface area (Å²) in [6, 6.07) is -23.9. The van der Waals surface area contributed by atoms with Crippen molar-refractivity contribution in [3.05, 3.63) is 157 Å². The van der Waals surface area contributed by atoms with Gasteiger partial charge in [0, 0.05) is 10.8 Å². The molecule has 0 bridgehead atoms. The lowest BCUT2D eigenvalue weighted by molar-refractivity contribution is 0.669. The first kappa shape index (κ1) is 9.69. The summed E-state index contributed by atoms with van der Waals surface area (Å²) in [6.45, 7) is 0. The summed E-state index contributed by atoms with van der Waals surface area (Å²) in [7, 11) is 0. The third-order valence-electron chi connectivity index (χ3n) is 6.95. The van der Waals surface area contributed by atoms with Crippen molar-refractivity contribution in [3.63, 3.8) is 0 Å². The molecule has 9 aromatic rings. The molecule has 0 aliphatic rings. The Morgan fingerprint density at radius 1 is 0.349 bits per heavy atom. The maximum absolute atomic E-state index is 10.0. The molecule has 0 aliphatic carbocycles. The highest BCUT2D eigenvalue weighted by Crippen LogP contribution is 2.45. The van der Waals surface area contributed by atoms with Crippen LogP contribution in [0.5, 0.6) is 0 Å². The van der Waals surface area contributed by atoms with Crippen molar-refractivity contribution in [1.29, 1.82) is 0 Å². The van der Waals surface area contributed by atoms with Gasteiger partial charge in [0.2, 0.25) is 0 Å². The molecule has 0 N–H and O–H groups in total. The van der Waals surface area contributed by atoms with Crippen LogP contribution < -0.4 is 0 Å². The van der Waals surface area contributed by atoms with Crippen molar-refractivity contribution in [2.75, 3.05) is 0 Å². The van der Waals surface area contributed by atoms with E-state index in [1.807, 2.05) is 0 Å². The van der Waals surface area contributed by atoms with Crippen molar-refractivity contribution < 1.29 is 40.1 Å². The van der Waals surface area contributed by atoms with Gasteiger partial charge in [-0.15, -0.1) is 0 Å². The van der Waals surface area contributed by atoms with Gasteiger partial charge in [-0.25, -0.2) is 0 Å². The Balaban J connectivity index is 1.64. The number of fused-ring (bicyclic) bond motifs is 6. The highest BCUT2D eigenvalue weighted by molar-refractivity contribution is 6.22. The van der Waals surface area contributed by atoms with Crippen LogP contribution in [0.1, 0.15) is 35.6 Å². The number of hydrogen-bond acceptors (Lipinski definition) is 1. The fraction of sp³-hybridized carbons (Fsp3) is 0. The van der Waals surface area contributed by atoms with Gasteiger partial charge in [-0.2, -0.15) is 0 Å². The van der Waals surface area contributed by atoms with Gasteiger partial charge in [0.05, 0.1) is 35.6 Å². The minimum absolute atomic E-state index is 0.380. The summed E-state index contributed by atoms with van der Waals surface area (Å²) in [6.07, 6.45) is 0. The van der Waals surface area contributed by atoms with Gasteiger partial charge in [-0.3, -0.25) is 0 Å². The molecule has 1 aromatic heterocycles. The van der Waals surface area contributed by atoms with Gasteiger partial charge >= 0.3 is 0 Å². The van der Waals surface area contributed by atoms with Crippen molar-refractivity contribution >= 4 is 54.3 Å². The molecule has 1 heterocycles. The molecule has 200 valence electrons. The van der Waals surface area contributed by atoms with Crippen LogP contribution in [0, 0.1) is 0 Å². The Bertz CT molecular complexity index is 3860. The Hall–Kier alpha value is -5.66. The van der Waals surface area contributed by atoms with E-state index in [0.717, 1.165) is 0 Å². The monoisotopic (exact) mass is 572 g/mol. The van der Waals surface area contributed by atoms with E-state index in [0.29, 0.717) is 0 Å². The van der Waals surface area contributed by atoms with E-state index in [1.54, 1.807) is 0 Å². The van der Waals surface area contributed by atoms with Crippen LogP contribution in [0.3, 0.4) is 0 Å². The molecule has 9 rings (SSSR count). The molecule has 0 radical (unpaired) electrons.